The van der Waals surface area contributed by atoms with Crippen LogP contribution in [0, 0.1) is 0 Å². The van der Waals surface area contributed by atoms with Crippen LogP contribution in [0.2, 0.25) is 0 Å². The average molecular weight is 273 g/mol. The molecule has 3 heteroatoms. The predicted octanol–water partition coefficient (Wildman–Crippen LogP) is 3.10. The van der Waals surface area contributed by atoms with Crippen LogP contribution in [0.1, 0.15) is 25.8 Å². The third-order valence-corrected chi connectivity index (χ3v) is 3.96. The van der Waals surface area contributed by atoms with Crippen molar-refractivity contribution in [3.8, 4) is 5.75 Å². The Morgan fingerprint density at radius 3 is 2.50 bits per heavy atom. The molecule has 2 N–H and O–H groups in total. The largest absolute Gasteiger partial charge is 0.497 e. The van der Waals surface area contributed by atoms with Gasteiger partial charge in [-0.15, -0.1) is 0 Å². The molecule has 0 saturated carbocycles. The fraction of sp³-hybridized carbons (Fsp3) is 0.412. The van der Waals surface area contributed by atoms with Gasteiger partial charge < -0.3 is 15.2 Å². The van der Waals surface area contributed by atoms with E-state index in [2.05, 4.69) is 36.5 Å². The topological polar surface area (TPSA) is 41.5 Å². The van der Waals surface area contributed by atoms with Crippen LogP contribution in [0.15, 0.2) is 36.4 Å². The Bertz CT molecular complexity index is 576. The highest BCUT2D eigenvalue weighted by atomic mass is 16.5. The molecule has 0 radical (unpaired) electrons. The van der Waals surface area contributed by atoms with E-state index in [1.165, 1.54) is 16.3 Å². The molecule has 0 fully saturated rings. The van der Waals surface area contributed by atoms with Gasteiger partial charge in [0.15, 0.2) is 0 Å². The van der Waals surface area contributed by atoms with Crippen LogP contribution < -0.4 is 10.1 Å². The number of rotatable bonds is 6. The summed E-state index contributed by atoms with van der Waals surface area (Å²) in [4.78, 5) is 0. The Labute approximate surface area is 120 Å². The van der Waals surface area contributed by atoms with Gasteiger partial charge in [-0.2, -0.15) is 0 Å². The molecule has 1 atom stereocenters. The van der Waals surface area contributed by atoms with Crippen molar-refractivity contribution in [2.75, 3.05) is 13.7 Å². The second-order valence-corrected chi connectivity index (χ2v) is 5.47. The Kier molecular flexibility index (Phi) is 4.63. The molecule has 108 valence electrons. The first-order valence-corrected chi connectivity index (χ1v) is 7.03. The van der Waals surface area contributed by atoms with Crippen LogP contribution in [0.25, 0.3) is 10.8 Å². The molecule has 1 unspecified atom stereocenters. The third kappa shape index (κ3) is 3.30. The molecule has 0 aliphatic carbocycles. The molecule has 0 aliphatic rings. The molecule has 0 aromatic heterocycles. The number of benzene rings is 2. The molecule has 0 saturated heterocycles. The number of aliphatic hydroxyl groups excluding tert-OH is 1. The summed E-state index contributed by atoms with van der Waals surface area (Å²) < 4.78 is 5.23. The maximum atomic E-state index is 9.42. The first-order chi connectivity index (χ1) is 9.60. The molecule has 0 bridgehead atoms. The standard InChI is InChI=1S/C17H23NO2/c1-4-17(2,12-19)18-11-13-5-6-15-10-16(20-3)8-7-14(15)9-13/h5-10,18-19H,4,11-12H2,1-3H3. The maximum absolute atomic E-state index is 9.42. The van der Waals surface area contributed by atoms with E-state index in [1.807, 2.05) is 19.1 Å². The smallest absolute Gasteiger partial charge is 0.119 e. The van der Waals surface area contributed by atoms with Crippen molar-refractivity contribution in [1.29, 1.82) is 0 Å². The van der Waals surface area contributed by atoms with E-state index in [1.54, 1.807) is 7.11 Å². The molecular weight excluding hydrogens is 250 g/mol. The van der Waals surface area contributed by atoms with Gasteiger partial charge in [-0.1, -0.05) is 25.1 Å². The summed E-state index contributed by atoms with van der Waals surface area (Å²) in [6.45, 7) is 5.02. The number of hydrogen-bond acceptors (Lipinski definition) is 3. The van der Waals surface area contributed by atoms with Crippen molar-refractivity contribution in [3.05, 3.63) is 42.0 Å². The van der Waals surface area contributed by atoms with Crippen LogP contribution in [0.4, 0.5) is 0 Å². The first-order valence-electron chi connectivity index (χ1n) is 7.03. The minimum atomic E-state index is -0.213. The average Bonchev–Trinajstić information content (AvgIpc) is 2.51. The molecule has 2 aromatic rings. The maximum Gasteiger partial charge on any atom is 0.119 e. The van der Waals surface area contributed by atoms with Gasteiger partial charge in [-0.3, -0.25) is 0 Å². The van der Waals surface area contributed by atoms with Gasteiger partial charge in [0, 0.05) is 12.1 Å². The number of ether oxygens (including phenoxy) is 1. The van der Waals surface area contributed by atoms with Crippen LogP contribution >= 0.6 is 0 Å². The molecule has 2 aromatic carbocycles. The summed E-state index contributed by atoms with van der Waals surface area (Å²) in [7, 11) is 1.68. The van der Waals surface area contributed by atoms with E-state index in [-0.39, 0.29) is 12.1 Å². The van der Waals surface area contributed by atoms with Crippen LogP contribution in [0.3, 0.4) is 0 Å². The molecule has 0 heterocycles. The minimum absolute atomic E-state index is 0.147. The lowest BCUT2D eigenvalue weighted by atomic mass is 9.99. The van der Waals surface area contributed by atoms with Crippen molar-refractivity contribution in [2.24, 2.45) is 0 Å². The van der Waals surface area contributed by atoms with Gasteiger partial charge in [-0.05, 0) is 47.9 Å². The summed E-state index contributed by atoms with van der Waals surface area (Å²) >= 11 is 0. The quantitative estimate of drug-likeness (QED) is 0.850. The number of aliphatic hydroxyl groups is 1. The molecule has 0 spiro atoms. The fourth-order valence-electron chi connectivity index (χ4n) is 2.12. The summed E-state index contributed by atoms with van der Waals surface area (Å²) in [6.07, 6.45) is 0.897. The molecular formula is C17H23NO2. The normalized spacial score (nSPS) is 14.2. The number of hydrogen-bond donors (Lipinski definition) is 2. The zero-order valence-electron chi connectivity index (χ0n) is 12.4. The summed E-state index contributed by atoms with van der Waals surface area (Å²) in [5.41, 5.74) is 1.00. The summed E-state index contributed by atoms with van der Waals surface area (Å²) in [5.74, 6) is 0.877. The lowest BCUT2D eigenvalue weighted by Crippen LogP contribution is -2.44. The molecule has 0 aliphatic heterocycles. The zero-order valence-corrected chi connectivity index (χ0v) is 12.4. The van der Waals surface area contributed by atoms with Gasteiger partial charge in [0.05, 0.1) is 13.7 Å². The summed E-state index contributed by atoms with van der Waals surface area (Å²) in [5, 5.41) is 15.2. The van der Waals surface area contributed by atoms with Crippen molar-refractivity contribution < 1.29 is 9.84 Å². The van der Waals surface area contributed by atoms with Gasteiger partial charge in [0.2, 0.25) is 0 Å². The summed E-state index contributed by atoms with van der Waals surface area (Å²) in [6, 6.07) is 12.5. The number of fused-ring (bicyclic) bond motifs is 1. The highest BCUT2D eigenvalue weighted by Crippen LogP contribution is 2.22. The highest BCUT2D eigenvalue weighted by molar-refractivity contribution is 5.84. The Morgan fingerprint density at radius 1 is 1.15 bits per heavy atom. The zero-order chi connectivity index (χ0) is 14.6. The van der Waals surface area contributed by atoms with E-state index in [9.17, 15) is 5.11 Å². The van der Waals surface area contributed by atoms with Gasteiger partial charge in [-0.25, -0.2) is 0 Å². The second kappa shape index (κ2) is 6.25. The lowest BCUT2D eigenvalue weighted by Gasteiger charge is -2.27. The van der Waals surface area contributed by atoms with E-state index in [0.717, 1.165) is 18.7 Å². The SMILES string of the molecule is CCC(C)(CO)NCc1ccc2cc(OC)ccc2c1. The van der Waals surface area contributed by atoms with E-state index in [4.69, 9.17) is 4.74 Å². The molecule has 20 heavy (non-hydrogen) atoms. The lowest BCUT2D eigenvalue weighted by molar-refractivity contribution is 0.169. The van der Waals surface area contributed by atoms with Gasteiger partial charge in [0.1, 0.15) is 5.75 Å². The van der Waals surface area contributed by atoms with Crippen LogP contribution in [0.5, 0.6) is 5.75 Å². The minimum Gasteiger partial charge on any atom is -0.497 e. The van der Waals surface area contributed by atoms with Gasteiger partial charge in [0.25, 0.3) is 0 Å². The van der Waals surface area contributed by atoms with Crippen LogP contribution in [-0.4, -0.2) is 24.4 Å². The van der Waals surface area contributed by atoms with E-state index in [0.29, 0.717) is 0 Å². The monoisotopic (exact) mass is 273 g/mol. The van der Waals surface area contributed by atoms with E-state index >= 15 is 0 Å². The Morgan fingerprint density at radius 2 is 1.85 bits per heavy atom. The molecule has 0 amide bonds. The van der Waals surface area contributed by atoms with Crippen molar-refractivity contribution in [1.82, 2.24) is 5.32 Å². The third-order valence-electron chi connectivity index (χ3n) is 3.96. The Hall–Kier alpha value is -1.58. The molecule has 2 rings (SSSR count). The van der Waals surface area contributed by atoms with Gasteiger partial charge >= 0.3 is 0 Å². The predicted molar refractivity (Wildman–Crippen MR) is 83.1 cm³/mol. The first kappa shape index (κ1) is 14.8. The fourth-order valence-corrected chi connectivity index (χ4v) is 2.12. The van der Waals surface area contributed by atoms with Crippen molar-refractivity contribution in [3.63, 3.8) is 0 Å². The highest BCUT2D eigenvalue weighted by Gasteiger charge is 2.19. The number of nitrogens with one attached hydrogen (secondary N) is 1. The van der Waals surface area contributed by atoms with Crippen molar-refractivity contribution in [2.45, 2.75) is 32.4 Å². The number of methoxy groups -OCH3 is 1. The van der Waals surface area contributed by atoms with Crippen LogP contribution in [-0.2, 0) is 6.54 Å². The van der Waals surface area contributed by atoms with Crippen molar-refractivity contribution >= 4 is 10.8 Å². The van der Waals surface area contributed by atoms with E-state index < -0.39 is 0 Å². The molecule has 3 nitrogen and oxygen atoms in total. The second-order valence-electron chi connectivity index (χ2n) is 5.47. The Balaban J connectivity index is 2.16.